The summed E-state index contributed by atoms with van der Waals surface area (Å²) in [7, 11) is 3.96. The van der Waals surface area contributed by atoms with Crippen molar-refractivity contribution in [1.82, 2.24) is 4.98 Å². The third-order valence-corrected chi connectivity index (χ3v) is 5.80. The van der Waals surface area contributed by atoms with Gasteiger partial charge in [-0.1, -0.05) is 12.1 Å². The van der Waals surface area contributed by atoms with Gasteiger partial charge in [0.05, 0.1) is 6.61 Å². The standard InChI is InChI=1S/C17H28N2O5Si/c1-18-16-10-7-15(8-11-16)9-12-17(20)23-13-5-6-14-24-25(19-2,21-3)22-4/h7-12,18-19H,5-6,13-14H2,1-4H3. The second kappa shape index (κ2) is 11.8. The minimum Gasteiger partial charge on any atom is -0.463 e. The van der Waals surface area contributed by atoms with Crippen molar-refractivity contribution in [3.63, 3.8) is 0 Å². The van der Waals surface area contributed by atoms with E-state index in [9.17, 15) is 4.79 Å². The molecule has 0 aliphatic rings. The van der Waals surface area contributed by atoms with Crippen LogP contribution in [0.3, 0.4) is 0 Å². The van der Waals surface area contributed by atoms with E-state index < -0.39 is 8.97 Å². The summed E-state index contributed by atoms with van der Waals surface area (Å²) in [5.74, 6) is -0.355. The molecule has 0 atom stereocenters. The molecule has 0 saturated carbocycles. The predicted molar refractivity (Wildman–Crippen MR) is 100.0 cm³/mol. The lowest BCUT2D eigenvalue weighted by atomic mass is 10.2. The van der Waals surface area contributed by atoms with Gasteiger partial charge in [0, 0.05) is 39.6 Å². The fourth-order valence-corrected chi connectivity index (χ4v) is 3.40. The molecule has 1 aromatic rings. The van der Waals surface area contributed by atoms with Gasteiger partial charge in [0.1, 0.15) is 0 Å². The molecular formula is C17H28N2O5Si. The van der Waals surface area contributed by atoms with Crippen LogP contribution in [0.5, 0.6) is 0 Å². The molecule has 8 heteroatoms. The molecular weight excluding hydrogens is 340 g/mol. The molecule has 2 N–H and O–H groups in total. The Morgan fingerprint density at radius 3 is 2.28 bits per heavy atom. The number of anilines is 1. The lowest BCUT2D eigenvalue weighted by Gasteiger charge is -2.24. The Morgan fingerprint density at radius 1 is 1.08 bits per heavy atom. The summed E-state index contributed by atoms with van der Waals surface area (Å²) in [6.07, 6.45) is 4.61. The number of rotatable bonds is 12. The van der Waals surface area contributed by atoms with Crippen molar-refractivity contribution in [1.29, 1.82) is 0 Å². The van der Waals surface area contributed by atoms with Gasteiger partial charge in [-0.05, 0) is 43.7 Å². The molecule has 0 spiro atoms. The quantitative estimate of drug-likeness (QED) is 0.253. The average molecular weight is 369 g/mol. The van der Waals surface area contributed by atoms with Crippen LogP contribution in [0.1, 0.15) is 18.4 Å². The van der Waals surface area contributed by atoms with Gasteiger partial charge in [-0.25, -0.2) is 4.79 Å². The molecule has 1 rings (SSSR count). The fourth-order valence-electron chi connectivity index (χ4n) is 2.03. The molecule has 0 aliphatic heterocycles. The highest BCUT2D eigenvalue weighted by atomic mass is 28.4. The van der Waals surface area contributed by atoms with Crippen molar-refractivity contribution >= 4 is 26.7 Å². The van der Waals surface area contributed by atoms with Crippen LogP contribution in [0, 0.1) is 0 Å². The summed E-state index contributed by atoms with van der Waals surface area (Å²) in [5.41, 5.74) is 1.96. The van der Waals surface area contributed by atoms with Gasteiger partial charge in [-0.2, -0.15) is 0 Å². The zero-order valence-electron chi connectivity index (χ0n) is 15.3. The molecule has 0 heterocycles. The summed E-state index contributed by atoms with van der Waals surface area (Å²) in [5, 5.41) is 3.04. The maximum Gasteiger partial charge on any atom is 0.596 e. The summed E-state index contributed by atoms with van der Waals surface area (Å²) in [6, 6.07) is 7.74. The molecule has 0 saturated heterocycles. The van der Waals surface area contributed by atoms with Crippen molar-refractivity contribution in [3.8, 4) is 0 Å². The second-order valence-electron chi connectivity index (χ2n) is 5.14. The van der Waals surface area contributed by atoms with Crippen LogP contribution in [0.2, 0.25) is 0 Å². The van der Waals surface area contributed by atoms with E-state index >= 15 is 0 Å². The Bertz CT molecular complexity index is 524. The highest BCUT2D eigenvalue weighted by Gasteiger charge is 2.38. The third kappa shape index (κ3) is 7.80. The Morgan fingerprint density at radius 2 is 1.72 bits per heavy atom. The highest BCUT2D eigenvalue weighted by Crippen LogP contribution is 2.10. The molecule has 0 unspecified atom stereocenters. The lowest BCUT2D eigenvalue weighted by Crippen LogP contribution is -2.56. The number of nitrogens with one attached hydrogen (secondary N) is 2. The van der Waals surface area contributed by atoms with E-state index in [0.29, 0.717) is 19.6 Å². The number of hydrogen-bond acceptors (Lipinski definition) is 7. The van der Waals surface area contributed by atoms with E-state index in [-0.39, 0.29) is 5.97 Å². The number of hydrogen-bond donors (Lipinski definition) is 2. The van der Waals surface area contributed by atoms with Crippen molar-refractivity contribution in [2.75, 3.05) is 46.8 Å². The Labute approximate surface area is 150 Å². The van der Waals surface area contributed by atoms with Gasteiger partial charge in [-0.15, -0.1) is 0 Å². The van der Waals surface area contributed by atoms with Crippen LogP contribution in [-0.2, 0) is 22.8 Å². The van der Waals surface area contributed by atoms with Gasteiger partial charge in [0.15, 0.2) is 0 Å². The van der Waals surface area contributed by atoms with Gasteiger partial charge in [-0.3, -0.25) is 4.98 Å². The number of esters is 1. The molecule has 1 aromatic carbocycles. The lowest BCUT2D eigenvalue weighted by molar-refractivity contribution is -0.137. The number of unbranched alkanes of at least 4 members (excludes halogenated alkanes) is 1. The predicted octanol–water partition coefficient (Wildman–Crippen LogP) is 2.03. The molecule has 140 valence electrons. The van der Waals surface area contributed by atoms with Crippen molar-refractivity contribution in [3.05, 3.63) is 35.9 Å². The van der Waals surface area contributed by atoms with E-state index in [1.807, 2.05) is 31.3 Å². The van der Waals surface area contributed by atoms with Crippen LogP contribution in [0.15, 0.2) is 30.3 Å². The highest BCUT2D eigenvalue weighted by molar-refractivity contribution is 6.57. The first-order valence-corrected chi connectivity index (χ1v) is 9.87. The molecule has 25 heavy (non-hydrogen) atoms. The Hall–Kier alpha value is -1.71. The summed E-state index contributed by atoms with van der Waals surface area (Å²) in [6.45, 7) is 0.819. The van der Waals surface area contributed by atoms with Crippen LogP contribution in [0.4, 0.5) is 5.69 Å². The normalized spacial score (nSPS) is 11.7. The van der Waals surface area contributed by atoms with E-state index in [4.69, 9.17) is 18.0 Å². The largest absolute Gasteiger partial charge is 0.596 e. The van der Waals surface area contributed by atoms with E-state index in [1.165, 1.54) is 6.08 Å². The first kappa shape index (κ1) is 21.3. The number of carbonyl (C=O) groups excluding carboxylic acids is 1. The van der Waals surface area contributed by atoms with Crippen LogP contribution >= 0.6 is 0 Å². The van der Waals surface area contributed by atoms with Gasteiger partial charge < -0.3 is 23.3 Å². The smallest absolute Gasteiger partial charge is 0.463 e. The molecule has 0 bridgehead atoms. The molecule has 0 radical (unpaired) electrons. The number of carbonyl (C=O) groups is 1. The minimum atomic E-state index is -2.73. The van der Waals surface area contributed by atoms with Crippen molar-refractivity contribution in [2.24, 2.45) is 0 Å². The molecule has 0 aromatic heterocycles. The first-order valence-electron chi connectivity index (χ1n) is 8.15. The van der Waals surface area contributed by atoms with Crippen molar-refractivity contribution in [2.45, 2.75) is 12.8 Å². The zero-order valence-corrected chi connectivity index (χ0v) is 16.3. The van der Waals surface area contributed by atoms with E-state index in [0.717, 1.165) is 17.7 Å². The third-order valence-electron chi connectivity index (χ3n) is 3.53. The Kier molecular flexibility index (Phi) is 10.0. The van der Waals surface area contributed by atoms with Crippen LogP contribution in [-0.4, -0.2) is 56.5 Å². The number of benzene rings is 1. The van der Waals surface area contributed by atoms with Gasteiger partial charge >= 0.3 is 14.9 Å². The molecule has 0 fully saturated rings. The first-order chi connectivity index (χ1) is 12.1. The van der Waals surface area contributed by atoms with E-state index in [2.05, 4.69) is 10.3 Å². The summed E-state index contributed by atoms with van der Waals surface area (Å²) >= 11 is 0. The van der Waals surface area contributed by atoms with Crippen LogP contribution in [0.25, 0.3) is 6.08 Å². The maximum atomic E-state index is 11.7. The van der Waals surface area contributed by atoms with Crippen LogP contribution < -0.4 is 10.3 Å². The summed E-state index contributed by atoms with van der Waals surface area (Å²) < 4.78 is 21.3. The minimum absolute atomic E-state index is 0.347. The average Bonchev–Trinajstić information content (AvgIpc) is 2.67. The SMILES string of the molecule is CNc1ccc(C=CC(=O)OCCCCO[Si](NC)(OC)OC)cc1. The summed E-state index contributed by atoms with van der Waals surface area (Å²) in [4.78, 5) is 14.6. The monoisotopic (exact) mass is 368 g/mol. The van der Waals surface area contributed by atoms with E-state index in [1.54, 1.807) is 27.3 Å². The zero-order chi connectivity index (χ0) is 18.5. The molecule has 0 aliphatic carbocycles. The molecule has 0 amide bonds. The van der Waals surface area contributed by atoms with Gasteiger partial charge in [0.25, 0.3) is 0 Å². The Balaban J connectivity index is 2.21. The molecule has 7 nitrogen and oxygen atoms in total. The van der Waals surface area contributed by atoms with Crippen molar-refractivity contribution < 1.29 is 22.8 Å². The topological polar surface area (TPSA) is 78.1 Å². The second-order valence-corrected chi connectivity index (χ2v) is 7.86. The maximum absolute atomic E-state index is 11.7. The fraction of sp³-hybridized carbons (Fsp3) is 0.471. The van der Waals surface area contributed by atoms with Gasteiger partial charge in [0.2, 0.25) is 0 Å². The number of ether oxygens (including phenoxy) is 1.